The van der Waals surface area contributed by atoms with Gasteiger partial charge in [0.15, 0.2) is 0 Å². The van der Waals surface area contributed by atoms with E-state index in [4.69, 9.17) is 16.3 Å². The molecule has 0 N–H and O–H groups in total. The Labute approximate surface area is 152 Å². The van der Waals surface area contributed by atoms with E-state index < -0.39 is 30.1 Å². The third-order valence-corrected chi connectivity index (χ3v) is 4.02. The first-order valence-electron chi connectivity index (χ1n) is 7.46. The monoisotopic (exact) mass is 390 g/mol. The molecule has 2 aromatic carbocycles. The zero-order valence-electron chi connectivity index (χ0n) is 13.9. The second-order valence-electron chi connectivity index (χ2n) is 5.51. The second kappa shape index (κ2) is 7.95. The third-order valence-electron chi connectivity index (χ3n) is 3.73. The summed E-state index contributed by atoms with van der Waals surface area (Å²) in [6.45, 7) is 0.984. The van der Waals surface area contributed by atoms with Crippen molar-refractivity contribution >= 4 is 17.6 Å². The van der Waals surface area contributed by atoms with Gasteiger partial charge in [-0.05, 0) is 36.2 Å². The molecule has 0 aliphatic rings. The van der Waals surface area contributed by atoms with Crippen molar-refractivity contribution in [3.63, 3.8) is 0 Å². The van der Waals surface area contributed by atoms with E-state index >= 15 is 0 Å². The maximum atomic E-state index is 13.4. The predicted octanol–water partition coefficient (Wildman–Crippen LogP) is 5.10. The Balaban J connectivity index is 2.40. The van der Waals surface area contributed by atoms with Crippen molar-refractivity contribution in [3.8, 4) is 5.75 Å². The fraction of sp³-hybridized carbons (Fsp3) is 0.278. The predicted molar refractivity (Wildman–Crippen MR) is 87.6 cm³/mol. The van der Waals surface area contributed by atoms with Gasteiger partial charge in [0.05, 0.1) is 24.1 Å². The minimum Gasteiger partial charge on any atom is -0.487 e. The van der Waals surface area contributed by atoms with Gasteiger partial charge in [0.25, 0.3) is 0 Å². The highest BCUT2D eigenvalue weighted by atomic mass is 35.5. The Morgan fingerprint density at radius 2 is 1.92 bits per heavy atom. The number of rotatable bonds is 5. The molecule has 0 heterocycles. The minimum atomic E-state index is -4.63. The topological polar surface area (TPSA) is 35.5 Å². The van der Waals surface area contributed by atoms with Gasteiger partial charge in [0.2, 0.25) is 0 Å². The van der Waals surface area contributed by atoms with Crippen molar-refractivity contribution in [1.82, 2.24) is 0 Å². The first kappa shape index (κ1) is 20.0. The summed E-state index contributed by atoms with van der Waals surface area (Å²) in [6.07, 6.45) is -4.97. The average molecular weight is 391 g/mol. The molecule has 8 heteroatoms. The maximum absolute atomic E-state index is 13.4. The molecular formula is C18H15ClF4O3. The summed E-state index contributed by atoms with van der Waals surface area (Å²) in [5.74, 6) is -1.18. The molecule has 0 atom stereocenters. The summed E-state index contributed by atoms with van der Waals surface area (Å²) in [4.78, 5) is 11.5. The molecule has 0 radical (unpaired) electrons. The van der Waals surface area contributed by atoms with Gasteiger partial charge in [-0.1, -0.05) is 23.7 Å². The summed E-state index contributed by atoms with van der Waals surface area (Å²) in [6, 6.07) is 5.82. The summed E-state index contributed by atoms with van der Waals surface area (Å²) < 4.78 is 63.3. The normalized spacial score (nSPS) is 11.3. The van der Waals surface area contributed by atoms with Crippen molar-refractivity contribution in [2.24, 2.45) is 0 Å². The Morgan fingerprint density at radius 1 is 1.23 bits per heavy atom. The van der Waals surface area contributed by atoms with Crippen LogP contribution in [0.15, 0.2) is 30.3 Å². The van der Waals surface area contributed by atoms with E-state index in [0.717, 1.165) is 19.2 Å². The minimum absolute atomic E-state index is 0.0477. The van der Waals surface area contributed by atoms with Crippen LogP contribution >= 0.6 is 11.6 Å². The number of esters is 1. The fourth-order valence-corrected chi connectivity index (χ4v) is 2.56. The summed E-state index contributed by atoms with van der Waals surface area (Å²) in [5, 5.41) is -0.0629. The van der Waals surface area contributed by atoms with Gasteiger partial charge in [0.1, 0.15) is 18.2 Å². The molecule has 0 aliphatic heterocycles. The van der Waals surface area contributed by atoms with Gasteiger partial charge >= 0.3 is 12.1 Å². The van der Waals surface area contributed by atoms with Gasteiger partial charge in [-0.25, -0.2) is 4.39 Å². The van der Waals surface area contributed by atoms with Crippen LogP contribution in [0.3, 0.4) is 0 Å². The molecule has 0 aromatic heterocycles. The molecule has 2 rings (SSSR count). The van der Waals surface area contributed by atoms with E-state index in [1.165, 1.54) is 25.1 Å². The summed E-state index contributed by atoms with van der Waals surface area (Å²) >= 11 is 5.88. The van der Waals surface area contributed by atoms with E-state index in [2.05, 4.69) is 4.74 Å². The lowest BCUT2D eigenvalue weighted by molar-refractivity contribution is -0.141. The maximum Gasteiger partial charge on any atom is 0.416 e. The van der Waals surface area contributed by atoms with Gasteiger partial charge in [0, 0.05) is 5.56 Å². The SMILES string of the molecule is COC(=O)Cc1cccc(C(F)(F)F)c1COc1cc(C)c(F)cc1Cl. The number of ether oxygens (including phenoxy) is 2. The third kappa shape index (κ3) is 4.66. The summed E-state index contributed by atoms with van der Waals surface area (Å²) in [5.41, 5.74) is -0.762. The lowest BCUT2D eigenvalue weighted by atomic mass is 9.99. The number of hydrogen-bond donors (Lipinski definition) is 0. The molecule has 2 aromatic rings. The van der Waals surface area contributed by atoms with Crippen LogP contribution in [0.1, 0.15) is 22.3 Å². The lowest BCUT2D eigenvalue weighted by Gasteiger charge is -2.18. The highest BCUT2D eigenvalue weighted by molar-refractivity contribution is 6.32. The zero-order valence-corrected chi connectivity index (χ0v) is 14.7. The molecule has 140 valence electrons. The number of hydrogen-bond acceptors (Lipinski definition) is 3. The molecule has 0 saturated heterocycles. The number of alkyl halides is 3. The number of halogens is 5. The zero-order chi connectivity index (χ0) is 19.5. The van der Waals surface area contributed by atoms with E-state index in [0.29, 0.717) is 0 Å². The number of carbonyl (C=O) groups is 1. The van der Waals surface area contributed by atoms with Crippen LogP contribution in [0.4, 0.5) is 17.6 Å². The second-order valence-corrected chi connectivity index (χ2v) is 5.92. The largest absolute Gasteiger partial charge is 0.487 e. The van der Waals surface area contributed by atoms with Crippen LogP contribution in [0.2, 0.25) is 5.02 Å². The highest BCUT2D eigenvalue weighted by Gasteiger charge is 2.34. The Kier molecular flexibility index (Phi) is 6.13. The number of carbonyl (C=O) groups excluding carboxylic acids is 1. The van der Waals surface area contributed by atoms with Crippen molar-refractivity contribution in [2.45, 2.75) is 26.1 Å². The van der Waals surface area contributed by atoms with Crippen LogP contribution in [-0.2, 0) is 28.7 Å². The first-order chi connectivity index (χ1) is 12.1. The van der Waals surface area contributed by atoms with Crippen LogP contribution < -0.4 is 4.74 Å². The smallest absolute Gasteiger partial charge is 0.416 e. The Morgan fingerprint density at radius 3 is 2.54 bits per heavy atom. The molecular weight excluding hydrogens is 376 g/mol. The van der Waals surface area contributed by atoms with Crippen LogP contribution in [0.5, 0.6) is 5.75 Å². The number of benzene rings is 2. The highest BCUT2D eigenvalue weighted by Crippen LogP contribution is 2.35. The Bertz CT molecular complexity index is 819. The first-order valence-corrected chi connectivity index (χ1v) is 7.84. The Hall–Kier alpha value is -2.28. The molecule has 0 amide bonds. The van der Waals surface area contributed by atoms with Gasteiger partial charge in [-0.3, -0.25) is 4.79 Å². The molecule has 0 aliphatic carbocycles. The molecule has 0 bridgehead atoms. The van der Waals surface area contributed by atoms with E-state index in [1.54, 1.807) is 0 Å². The fourth-order valence-electron chi connectivity index (χ4n) is 2.36. The number of aryl methyl sites for hydroxylation is 1. The quantitative estimate of drug-likeness (QED) is 0.526. The molecule has 0 spiro atoms. The van der Waals surface area contributed by atoms with E-state index in [1.807, 2.05) is 0 Å². The van der Waals surface area contributed by atoms with Crippen molar-refractivity contribution in [3.05, 3.63) is 63.4 Å². The lowest BCUT2D eigenvalue weighted by Crippen LogP contribution is -2.15. The molecule has 0 fully saturated rings. The standard InChI is InChI=1S/C18H15ClF4O3/c1-10-6-16(14(19)8-15(10)20)26-9-12-11(7-17(24)25-2)4-3-5-13(12)18(21,22)23/h3-6,8H,7,9H2,1-2H3. The van der Waals surface area contributed by atoms with Gasteiger partial charge in [-0.2, -0.15) is 13.2 Å². The molecule has 26 heavy (non-hydrogen) atoms. The van der Waals surface area contributed by atoms with Crippen molar-refractivity contribution in [2.75, 3.05) is 7.11 Å². The molecule has 0 saturated carbocycles. The number of methoxy groups -OCH3 is 1. The van der Waals surface area contributed by atoms with Crippen LogP contribution in [0, 0.1) is 12.7 Å². The van der Waals surface area contributed by atoms with Crippen molar-refractivity contribution in [1.29, 1.82) is 0 Å². The van der Waals surface area contributed by atoms with Gasteiger partial charge < -0.3 is 9.47 Å². The van der Waals surface area contributed by atoms with Crippen LogP contribution in [-0.4, -0.2) is 13.1 Å². The van der Waals surface area contributed by atoms with E-state index in [-0.39, 0.29) is 33.9 Å². The molecule has 0 unspecified atom stereocenters. The summed E-state index contributed by atoms with van der Waals surface area (Å²) in [7, 11) is 1.15. The average Bonchev–Trinajstić information content (AvgIpc) is 2.56. The van der Waals surface area contributed by atoms with Crippen molar-refractivity contribution < 1.29 is 31.8 Å². The van der Waals surface area contributed by atoms with Crippen LogP contribution in [0.25, 0.3) is 0 Å². The van der Waals surface area contributed by atoms with E-state index in [9.17, 15) is 22.4 Å². The molecule has 3 nitrogen and oxygen atoms in total. The van der Waals surface area contributed by atoms with Gasteiger partial charge in [-0.15, -0.1) is 0 Å².